The Morgan fingerprint density at radius 2 is 2.03 bits per heavy atom. The van der Waals surface area contributed by atoms with E-state index in [1.54, 1.807) is 18.2 Å². The zero-order chi connectivity index (χ0) is 20.8. The standard InChI is InChI=1S/C20H19ClF2N2O4/c21-11-6-14(22)18(15(23)7-11)25-5-4-20(28,17(26)9-25)10-29-16-3-1-2-12-13(16)8-24-19(12)27/h1-3,6-7,17,26,28H,4-5,8-10H2,(H,24,27)/t17-,20-/m1/s1. The number of amides is 1. The van der Waals surface area contributed by atoms with Gasteiger partial charge < -0.3 is 25.2 Å². The largest absolute Gasteiger partial charge is 0.490 e. The van der Waals surface area contributed by atoms with E-state index in [9.17, 15) is 23.8 Å². The van der Waals surface area contributed by atoms with Crippen LogP contribution in [0.3, 0.4) is 0 Å². The van der Waals surface area contributed by atoms with Crippen LogP contribution < -0.4 is 15.0 Å². The van der Waals surface area contributed by atoms with E-state index >= 15 is 0 Å². The minimum absolute atomic E-state index is 0.0296. The Hall–Kier alpha value is -2.42. The summed E-state index contributed by atoms with van der Waals surface area (Å²) in [4.78, 5) is 13.1. The van der Waals surface area contributed by atoms with Crippen molar-refractivity contribution in [3.05, 3.63) is 58.1 Å². The SMILES string of the molecule is O=C1NCc2c(OC[C@]3(O)CCN(c4c(F)cc(Cl)cc4F)C[C@H]3O)cccc21. The lowest BCUT2D eigenvalue weighted by atomic mass is 9.89. The van der Waals surface area contributed by atoms with Crippen LogP contribution in [0.15, 0.2) is 30.3 Å². The number of nitrogens with zero attached hydrogens (tertiary/aromatic N) is 1. The van der Waals surface area contributed by atoms with Gasteiger partial charge in [-0.05, 0) is 30.7 Å². The number of benzene rings is 2. The summed E-state index contributed by atoms with van der Waals surface area (Å²) in [6, 6.07) is 7.04. The molecule has 2 aromatic carbocycles. The second-order valence-corrected chi connectivity index (χ2v) is 7.72. The Bertz CT molecular complexity index is 950. The molecule has 29 heavy (non-hydrogen) atoms. The van der Waals surface area contributed by atoms with Crippen molar-refractivity contribution >= 4 is 23.2 Å². The number of aliphatic hydroxyl groups is 2. The molecule has 1 saturated heterocycles. The number of carbonyl (C=O) groups excluding carboxylic acids is 1. The van der Waals surface area contributed by atoms with Crippen LogP contribution in [0.5, 0.6) is 5.75 Å². The van der Waals surface area contributed by atoms with Gasteiger partial charge in [0.05, 0.1) is 0 Å². The molecule has 0 radical (unpaired) electrons. The van der Waals surface area contributed by atoms with Gasteiger partial charge in [-0.25, -0.2) is 8.78 Å². The number of halogens is 3. The Kier molecular flexibility index (Phi) is 5.10. The van der Waals surface area contributed by atoms with Crippen molar-refractivity contribution in [1.82, 2.24) is 5.32 Å². The van der Waals surface area contributed by atoms with E-state index in [1.165, 1.54) is 4.90 Å². The molecule has 3 N–H and O–H groups in total. The van der Waals surface area contributed by atoms with E-state index < -0.39 is 23.3 Å². The minimum atomic E-state index is -1.60. The second kappa shape index (κ2) is 7.44. The maximum atomic E-state index is 14.2. The molecule has 2 atom stereocenters. The van der Waals surface area contributed by atoms with Crippen LogP contribution in [0.4, 0.5) is 14.5 Å². The van der Waals surface area contributed by atoms with Gasteiger partial charge in [0.2, 0.25) is 0 Å². The van der Waals surface area contributed by atoms with Crippen LogP contribution >= 0.6 is 11.6 Å². The van der Waals surface area contributed by atoms with E-state index in [-0.39, 0.29) is 42.7 Å². The summed E-state index contributed by atoms with van der Waals surface area (Å²) < 4.78 is 34.1. The lowest BCUT2D eigenvalue weighted by Gasteiger charge is -2.42. The number of aliphatic hydroxyl groups excluding tert-OH is 1. The highest BCUT2D eigenvalue weighted by molar-refractivity contribution is 6.30. The summed E-state index contributed by atoms with van der Waals surface area (Å²) in [6.45, 7) is 0.0358. The molecule has 6 nitrogen and oxygen atoms in total. The normalized spacial score (nSPS) is 23.7. The molecule has 2 aliphatic heterocycles. The number of nitrogens with one attached hydrogen (secondary N) is 1. The zero-order valence-electron chi connectivity index (χ0n) is 15.3. The smallest absolute Gasteiger partial charge is 0.252 e. The Morgan fingerprint density at radius 3 is 2.72 bits per heavy atom. The number of hydrogen-bond donors (Lipinski definition) is 3. The average Bonchev–Trinajstić information content (AvgIpc) is 3.04. The van der Waals surface area contributed by atoms with Crippen LogP contribution in [0.25, 0.3) is 0 Å². The maximum Gasteiger partial charge on any atom is 0.252 e. The maximum absolute atomic E-state index is 14.2. The van der Waals surface area contributed by atoms with E-state index in [0.29, 0.717) is 23.4 Å². The molecular formula is C20H19ClF2N2O4. The molecule has 0 bridgehead atoms. The molecular weight excluding hydrogens is 406 g/mol. The van der Waals surface area contributed by atoms with E-state index in [4.69, 9.17) is 16.3 Å². The first-order valence-corrected chi connectivity index (χ1v) is 9.49. The highest BCUT2D eigenvalue weighted by Gasteiger charge is 2.43. The summed E-state index contributed by atoms with van der Waals surface area (Å²) in [7, 11) is 0. The first kappa shape index (κ1) is 19.9. The van der Waals surface area contributed by atoms with Gasteiger partial charge >= 0.3 is 0 Å². The Labute approximate surface area is 170 Å². The van der Waals surface area contributed by atoms with Gasteiger partial charge in [-0.15, -0.1) is 0 Å². The summed E-state index contributed by atoms with van der Waals surface area (Å²) >= 11 is 5.65. The van der Waals surface area contributed by atoms with E-state index in [0.717, 1.165) is 12.1 Å². The molecule has 2 heterocycles. The van der Waals surface area contributed by atoms with Crippen molar-refractivity contribution in [2.75, 3.05) is 24.6 Å². The van der Waals surface area contributed by atoms with Crippen LogP contribution in [0, 0.1) is 11.6 Å². The number of anilines is 1. The number of hydrogen-bond acceptors (Lipinski definition) is 5. The molecule has 154 valence electrons. The highest BCUT2D eigenvalue weighted by atomic mass is 35.5. The van der Waals surface area contributed by atoms with Gasteiger partial charge in [0, 0.05) is 35.8 Å². The van der Waals surface area contributed by atoms with Crippen LogP contribution in [-0.2, 0) is 6.54 Å². The third-order valence-corrected chi connectivity index (χ3v) is 5.63. The third-order valence-electron chi connectivity index (χ3n) is 5.41. The summed E-state index contributed by atoms with van der Waals surface area (Å²) in [5.74, 6) is -1.41. The molecule has 0 spiro atoms. The molecule has 1 amide bonds. The first-order valence-electron chi connectivity index (χ1n) is 9.11. The van der Waals surface area contributed by atoms with Gasteiger partial charge in [-0.1, -0.05) is 17.7 Å². The van der Waals surface area contributed by atoms with Crippen molar-refractivity contribution in [2.24, 2.45) is 0 Å². The predicted molar refractivity (Wildman–Crippen MR) is 102 cm³/mol. The molecule has 9 heteroatoms. The van der Waals surface area contributed by atoms with Gasteiger partial charge in [0.15, 0.2) is 11.6 Å². The second-order valence-electron chi connectivity index (χ2n) is 7.29. The zero-order valence-corrected chi connectivity index (χ0v) is 16.0. The van der Waals surface area contributed by atoms with Gasteiger partial charge in [0.1, 0.15) is 29.7 Å². The third kappa shape index (κ3) is 3.63. The molecule has 0 aliphatic carbocycles. The van der Waals surface area contributed by atoms with Crippen molar-refractivity contribution in [1.29, 1.82) is 0 Å². The molecule has 1 fully saturated rings. The fourth-order valence-electron chi connectivity index (χ4n) is 3.74. The van der Waals surface area contributed by atoms with Gasteiger partial charge in [0.25, 0.3) is 5.91 Å². The fourth-order valence-corrected chi connectivity index (χ4v) is 3.93. The Morgan fingerprint density at radius 1 is 1.31 bits per heavy atom. The van der Waals surface area contributed by atoms with Crippen molar-refractivity contribution < 1.29 is 28.5 Å². The van der Waals surface area contributed by atoms with Crippen LogP contribution in [0.1, 0.15) is 22.3 Å². The lowest BCUT2D eigenvalue weighted by molar-refractivity contribution is -0.109. The van der Waals surface area contributed by atoms with Crippen molar-refractivity contribution in [3.63, 3.8) is 0 Å². The molecule has 2 aliphatic rings. The van der Waals surface area contributed by atoms with Crippen molar-refractivity contribution in [2.45, 2.75) is 24.7 Å². The summed E-state index contributed by atoms with van der Waals surface area (Å²) in [5, 5.41) is 24.0. The highest BCUT2D eigenvalue weighted by Crippen LogP contribution is 2.33. The molecule has 0 saturated carbocycles. The molecule has 0 aromatic heterocycles. The number of carbonyl (C=O) groups is 1. The number of rotatable bonds is 4. The van der Waals surface area contributed by atoms with Crippen LogP contribution in [0.2, 0.25) is 5.02 Å². The number of β-amino-alcohol motifs (C(OH)–C–C–N with tert-alkyl or cyclic N) is 1. The van der Waals surface area contributed by atoms with Gasteiger partial charge in [-0.3, -0.25) is 4.79 Å². The monoisotopic (exact) mass is 424 g/mol. The summed E-state index contributed by atoms with van der Waals surface area (Å²) in [5.41, 5.74) is -0.687. The number of piperidine rings is 1. The van der Waals surface area contributed by atoms with Crippen molar-refractivity contribution in [3.8, 4) is 5.75 Å². The Balaban J connectivity index is 1.47. The number of fused-ring (bicyclic) bond motifs is 1. The topological polar surface area (TPSA) is 82.0 Å². The summed E-state index contributed by atoms with van der Waals surface area (Å²) in [6.07, 6.45) is -1.27. The fraction of sp³-hybridized carbons (Fsp3) is 0.350. The van der Waals surface area contributed by atoms with Crippen LogP contribution in [-0.4, -0.2) is 47.5 Å². The minimum Gasteiger partial charge on any atom is -0.490 e. The predicted octanol–water partition coefficient (Wildman–Crippen LogP) is 2.24. The van der Waals surface area contributed by atoms with E-state index in [2.05, 4.69) is 5.32 Å². The molecule has 4 rings (SSSR count). The van der Waals surface area contributed by atoms with Gasteiger partial charge in [-0.2, -0.15) is 0 Å². The van der Waals surface area contributed by atoms with E-state index in [1.807, 2.05) is 0 Å². The average molecular weight is 425 g/mol. The first-order chi connectivity index (χ1) is 13.8. The number of ether oxygens (including phenoxy) is 1. The quantitative estimate of drug-likeness (QED) is 0.701. The molecule has 0 unspecified atom stereocenters. The lowest BCUT2D eigenvalue weighted by Crippen LogP contribution is -2.58. The molecule has 2 aromatic rings.